The van der Waals surface area contributed by atoms with E-state index < -0.39 is 0 Å². The lowest BCUT2D eigenvalue weighted by atomic mass is 10.3. The van der Waals surface area contributed by atoms with Gasteiger partial charge in [0.1, 0.15) is 0 Å². The molecule has 4 heteroatoms. The van der Waals surface area contributed by atoms with Crippen molar-refractivity contribution >= 4 is 0 Å². The first-order valence-electron chi connectivity index (χ1n) is 6.15. The molecular weight excluding hydrogens is 202 g/mol. The van der Waals surface area contributed by atoms with Crippen LogP contribution in [0.4, 0.5) is 0 Å². The van der Waals surface area contributed by atoms with Crippen LogP contribution in [0.25, 0.3) is 0 Å². The van der Waals surface area contributed by atoms with Gasteiger partial charge in [-0.25, -0.2) is 4.98 Å². The first-order chi connectivity index (χ1) is 7.79. The molecule has 1 fully saturated rings. The third-order valence-electron chi connectivity index (χ3n) is 3.16. The highest BCUT2D eigenvalue weighted by atomic mass is 16.5. The number of hydrogen-bond acceptors (Lipinski definition) is 3. The predicted molar refractivity (Wildman–Crippen MR) is 62.9 cm³/mol. The molecule has 4 nitrogen and oxygen atoms in total. The third kappa shape index (κ3) is 2.83. The molecule has 2 unspecified atom stereocenters. The molecule has 2 N–H and O–H groups in total. The molecule has 90 valence electrons. The number of imidazole rings is 1. The lowest BCUT2D eigenvalue weighted by molar-refractivity contribution is 0.0413. The predicted octanol–water partition coefficient (Wildman–Crippen LogP) is 1.69. The van der Waals surface area contributed by atoms with E-state index >= 15 is 0 Å². The molecule has 0 saturated heterocycles. The van der Waals surface area contributed by atoms with Crippen molar-refractivity contribution in [3.8, 4) is 0 Å². The quantitative estimate of drug-likeness (QED) is 0.826. The smallest absolute Gasteiger partial charge is 0.0948 e. The second kappa shape index (κ2) is 5.46. The summed E-state index contributed by atoms with van der Waals surface area (Å²) in [7, 11) is 0. The van der Waals surface area contributed by atoms with E-state index in [9.17, 15) is 0 Å². The van der Waals surface area contributed by atoms with Gasteiger partial charge in [-0.2, -0.15) is 0 Å². The van der Waals surface area contributed by atoms with Gasteiger partial charge in [-0.1, -0.05) is 6.92 Å². The molecule has 0 spiro atoms. The summed E-state index contributed by atoms with van der Waals surface area (Å²) in [5.74, 6) is 0. The average Bonchev–Trinajstić information content (AvgIpc) is 2.85. The monoisotopic (exact) mass is 223 g/mol. The van der Waals surface area contributed by atoms with Gasteiger partial charge in [0.05, 0.1) is 30.9 Å². The molecule has 1 saturated carbocycles. The summed E-state index contributed by atoms with van der Waals surface area (Å²) in [6, 6.07) is 0.338. The highest BCUT2D eigenvalue weighted by Crippen LogP contribution is 2.21. The molecule has 0 amide bonds. The molecule has 1 aliphatic carbocycles. The zero-order valence-corrected chi connectivity index (χ0v) is 9.93. The van der Waals surface area contributed by atoms with E-state index in [1.165, 1.54) is 5.69 Å². The average molecular weight is 223 g/mol. The molecular formula is C12H21N3O. The largest absolute Gasteiger partial charge is 0.372 e. The van der Waals surface area contributed by atoms with E-state index in [2.05, 4.69) is 16.5 Å². The van der Waals surface area contributed by atoms with Crippen LogP contribution < -0.4 is 5.73 Å². The Morgan fingerprint density at radius 3 is 3.12 bits per heavy atom. The van der Waals surface area contributed by atoms with Crippen molar-refractivity contribution < 1.29 is 4.74 Å². The summed E-state index contributed by atoms with van der Waals surface area (Å²) in [6.07, 6.45) is 8.44. The molecule has 0 bridgehead atoms. The Hall–Kier alpha value is -0.870. The van der Waals surface area contributed by atoms with Crippen LogP contribution in [0.1, 0.15) is 38.3 Å². The van der Waals surface area contributed by atoms with E-state index in [1.807, 2.05) is 12.5 Å². The Balaban J connectivity index is 1.82. The number of ether oxygens (including phenoxy) is 1. The van der Waals surface area contributed by atoms with Gasteiger partial charge in [-0.15, -0.1) is 0 Å². The van der Waals surface area contributed by atoms with Gasteiger partial charge < -0.3 is 15.0 Å². The van der Waals surface area contributed by atoms with Gasteiger partial charge >= 0.3 is 0 Å². The van der Waals surface area contributed by atoms with E-state index in [1.54, 1.807) is 0 Å². The van der Waals surface area contributed by atoms with Gasteiger partial charge in [0.15, 0.2) is 0 Å². The number of nitrogens with two attached hydrogens (primary N) is 1. The molecule has 1 aromatic heterocycles. The van der Waals surface area contributed by atoms with Gasteiger partial charge in [0.2, 0.25) is 0 Å². The van der Waals surface area contributed by atoms with Crippen LogP contribution in [0, 0.1) is 0 Å². The van der Waals surface area contributed by atoms with Crippen LogP contribution in [0.15, 0.2) is 12.5 Å². The Kier molecular flexibility index (Phi) is 3.96. The Bertz CT molecular complexity index is 324. The summed E-state index contributed by atoms with van der Waals surface area (Å²) in [6.45, 7) is 3.85. The molecule has 16 heavy (non-hydrogen) atoms. The van der Waals surface area contributed by atoms with Crippen molar-refractivity contribution in [3.63, 3.8) is 0 Å². The Labute approximate surface area is 96.8 Å². The molecule has 0 radical (unpaired) electrons. The highest BCUT2D eigenvalue weighted by Gasteiger charge is 2.22. The second-order valence-electron chi connectivity index (χ2n) is 4.58. The maximum atomic E-state index is 5.86. The maximum Gasteiger partial charge on any atom is 0.0948 e. The summed E-state index contributed by atoms with van der Waals surface area (Å²) >= 11 is 0. The van der Waals surface area contributed by atoms with E-state index in [0.717, 1.165) is 32.2 Å². The topological polar surface area (TPSA) is 53.1 Å². The Morgan fingerprint density at radius 2 is 2.44 bits per heavy atom. The number of aryl methyl sites for hydroxylation is 1. The molecule has 1 aliphatic rings. The van der Waals surface area contributed by atoms with Crippen LogP contribution in [0.3, 0.4) is 0 Å². The zero-order valence-electron chi connectivity index (χ0n) is 9.93. The zero-order chi connectivity index (χ0) is 11.4. The van der Waals surface area contributed by atoms with Gasteiger partial charge in [-0.3, -0.25) is 0 Å². The van der Waals surface area contributed by atoms with E-state index in [4.69, 9.17) is 10.5 Å². The number of aromatic nitrogens is 2. The normalized spacial score (nSPS) is 25.1. The second-order valence-corrected chi connectivity index (χ2v) is 4.58. The van der Waals surface area contributed by atoms with Crippen LogP contribution in [-0.4, -0.2) is 21.7 Å². The third-order valence-corrected chi connectivity index (χ3v) is 3.16. The summed E-state index contributed by atoms with van der Waals surface area (Å²) in [5, 5.41) is 0. The van der Waals surface area contributed by atoms with Gasteiger partial charge in [0, 0.05) is 12.6 Å². The fourth-order valence-electron chi connectivity index (χ4n) is 2.24. The molecule has 0 aliphatic heterocycles. The molecule has 1 aromatic rings. The summed E-state index contributed by atoms with van der Waals surface area (Å²) < 4.78 is 8.03. The van der Waals surface area contributed by atoms with Crippen LogP contribution in [0.2, 0.25) is 0 Å². The lowest BCUT2D eigenvalue weighted by Crippen LogP contribution is -2.17. The fourth-order valence-corrected chi connectivity index (χ4v) is 2.24. The Morgan fingerprint density at radius 1 is 1.56 bits per heavy atom. The van der Waals surface area contributed by atoms with Crippen LogP contribution >= 0.6 is 0 Å². The first kappa shape index (κ1) is 11.6. The number of nitrogens with zero attached hydrogens (tertiary/aromatic N) is 2. The molecule has 2 atom stereocenters. The lowest BCUT2D eigenvalue weighted by Gasteiger charge is -2.12. The SMILES string of the molecule is CCCn1cncc1COC1CCC(N)C1. The minimum absolute atomic E-state index is 0.338. The van der Waals surface area contributed by atoms with Crippen LogP contribution in [0.5, 0.6) is 0 Å². The number of hydrogen-bond donors (Lipinski definition) is 1. The number of rotatable bonds is 5. The van der Waals surface area contributed by atoms with Crippen LogP contribution in [-0.2, 0) is 17.9 Å². The minimum Gasteiger partial charge on any atom is -0.372 e. The standard InChI is InChI=1S/C12H21N3O/c1-2-5-15-9-14-7-11(15)8-16-12-4-3-10(13)6-12/h7,9-10,12H,2-6,8,13H2,1H3. The van der Waals surface area contributed by atoms with Crippen molar-refractivity contribution in [1.82, 2.24) is 9.55 Å². The van der Waals surface area contributed by atoms with Crippen molar-refractivity contribution in [2.45, 2.75) is 57.9 Å². The molecule has 0 aromatic carbocycles. The minimum atomic E-state index is 0.338. The van der Waals surface area contributed by atoms with E-state index in [-0.39, 0.29) is 0 Å². The van der Waals surface area contributed by atoms with E-state index in [0.29, 0.717) is 18.8 Å². The van der Waals surface area contributed by atoms with Crippen molar-refractivity contribution in [3.05, 3.63) is 18.2 Å². The fraction of sp³-hybridized carbons (Fsp3) is 0.750. The van der Waals surface area contributed by atoms with Crippen molar-refractivity contribution in [2.75, 3.05) is 0 Å². The first-order valence-corrected chi connectivity index (χ1v) is 6.15. The van der Waals surface area contributed by atoms with Gasteiger partial charge in [0.25, 0.3) is 0 Å². The van der Waals surface area contributed by atoms with Crippen molar-refractivity contribution in [2.24, 2.45) is 5.73 Å². The summed E-state index contributed by atoms with van der Waals surface area (Å²) in [4.78, 5) is 4.16. The summed E-state index contributed by atoms with van der Waals surface area (Å²) in [5.41, 5.74) is 7.02. The molecule has 2 rings (SSSR count). The highest BCUT2D eigenvalue weighted by molar-refractivity contribution is 4.96. The van der Waals surface area contributed by atoms with Crippen molar-refractivity contribution in [1.29, 1.82) is 0 Å². The van der Waals surface area contributed by atoms with Gasteiger partial charge in [-0.05, 0) is 25.7 Å². The maximum absolute atomic E-state index is 5.86. The molecule has 1 heterocycles.